The van der Waals surface area contributed by atoms with E-state index >= 15 is 0 Å². The summed E-state index contributed by atoms with van der Waals surface area (Å²) in [5, 5.41) is 8.16. The molecule has 2 aromatic rings. The number of benzene rings is 2. The van der Waals surface area contributed by atoms with Gasteiger partial charge in [-0.2, -0.15) is 0 Å². The zero-order valence-electron chi connectivity index (χ0n) is 13.9. The normalized spacial score (nSPS) is 17.5. The van der Waals surface area contributed by atoms with Crippen LogP contribution in [0.3, 0.4) is 0 Å². The van der Waals surface area contributed by atoms with E-state index in [1.54, 1.807) is 6.08 Å². The van der Waals surface area contributed by atoms with Crippen LogP contribution in [-0.2, 0) is 0 Å². The third-order valence-corrected chi connectivity index (χ3v) is 4.25. The molecule has 0 amide bonds. The molecule has 1 unspecified atom stereocenters. The van der Waals surface area contributed by atoms with Crippen LogP contribution in [0.4, 0.5) is 0 Å². The molecule has 2 nitrogen and oxygen atoms in total. The SMILES string of the molecule is CC1C=CC(c2ccc(/C(N)=C/C(=N)c3ccccc3)cc2)=CC1. The van der Waals surface area contributed by atoms with Gasteiger partial charge in [0.2, 0.25) is 0 Å². The Morgan fingerprint density at radius 3 is 2.38 bits per heavy atom. The summed E-state index contributed by atoms with van der Waals surface area (Å²) < 4.78 is 0. The standard InChI is InChI=1S/C22H22N2/c1-16-7-9-17(10-8-16)18-11-13-20(14-12-18)22(24)15-21(23)19-5-3-2-4-6-19/h2-7,9-16,23H,8,24H2,1H3/b22-15-,23-21?. The van der Waals surface area contributed by atoms with E-state index in [0.717, 1.165) is 17.5 Å². The maximum absolute atomic E-state index is 8.16. The Morgan fingerprint density at radius 2 is 1.75 bits per heavy atom. The van der Waals surface area contributed by atoms with E-state index < -0.39 is 0 Å². The van der Waals surface area contributed by atoms with Gasteiger partial charge in [0, 0.05) is 5.70 Å². The van der Waals surface area contributed by atoms with Crippen LogP contribution in [0, 0.1) is 11.3 Å². The molecule has 0 aromatic heterocycles. The van der Waals surface area contributed by atoms with Gasteiger partial charge in [-0.25, -0.2) is 0 Å². The number of nitrogens with one attached hydrogen (secondary N) is 1. The van der Waals surface area contributed by atoms with Crippen LogP contribution in [0.25, 0.3) is 11.3 Å². The van der Waals surface area contributed by atoms with Gasteiger partial charge < -0.3 is 11.1 Å². The average Bonchev–Trinajstić information content (AvgIpc) is 2.63. The Balaban J connectivity index is 1.77. The molecular weight excluding hydrogens is 292 g/mol. The van der Waals surface area contributed by atoms with Crippen molar-refractivity contribution < 1.29 is 0 Å². The lowest BCUT2D eigenvalue weighted by atomic mass is 9.93. The highest BCUT2D eigenvalue weighted by Gasteiger charge is 2.06. The molecule has 0 fully saturated rings. The molecule has 0 saturated heterocycles. The molecule has 1 atom stereocenters. The molecule has 2 aromatic carbocycles. The minimum atomic E-state index is 0.420. The summed E-state index contributed by atoms with van der Waals surface area (Å²) in [6.07, 6.45) is 9.52. The van der Waals surface area contributed by atoms with Crippen LogP contribution >= 0.6 is 0 Å². The van der Waals surface area contributed by atoms with Gasteiger partial charge in [-0.05, 0) is 40.7 Å². The van der Waals surface area contributed by atoms with Gasteiger partial charge in [-0.1, -0.05) is 79.7 Å². The maximum Gasteiger partial charge on any atom is 0.0632 e. The molecule has 3 rings (SSSR count). The monoisotopic (exact) mass is 314 g/mol. The zero-order valence-corrected chi connectivity index (χ0v) is 13.9. The second-order valence-corrected chi connectivity index (χ2v) is 6.19. The fraction of sp³-hybridized carbons (Fsp3) is 0.136. The number of allylic oxidation sites excluding steroid dienone is 5. The Bertz CT molecular complexity index is 809. The van der Waals surface area contributed by atoms with E-state index in [2.05, 4.69) is 37.3 Å². The lowest BCUT2D eigenvalue weighted by molar-refractivity contribution is 0.739. The van der Waals surface area contributed by atoms with Crippen LogP contribution in [-0.4, -0.2) is 5.71 Å². The van der Waals surface area contributed by atoms with Crippen LogP contribution in [0.15, 0.2) is 78.9 Å². The highest BCUT2D eigenvalue weighted by Crippen LogP contribution is 2.25. The van der Waals surface area contributed by atoms with Crippen molar-refractivity contribution in [3.8, 4) is 0 Å². The number of nitrogens with two attached hydrogens (primary N) is 1. The summed E-state index contributed by atoms with van der Waals surface area (Å²) in [5.41, 5.74) is 11.5. The maximum atomic E-state index is 8.16. The van der Waals surface area contributed by atoms with E-state index in [1.807, 2.05) is 42.5 Å². The van der Waals surface area contributed by atoms with Crippen molar-refractivity contribution in [3.05, 3.63) is 95.6 Å². The summed E-state index contributed by atoms with van der Waals surface area (Å²) in [4.78, 5) is 0. The van der Waals surface area contributed by atoms with Crippen LogP contribution in [0.1, 0.15) is 30.0 Å². The zero-order chi connectivity index (χ0) is 16.9. The average molecular weight is 314 g/mol. The number of rotatable bonds is 4. The third-order valence-electron chi connectivity index (χ3n) is 4.25. The first-order valence-electron chi connectivity index (χ1n) is 8.24. The first kappa shape index (κ1) is 16.0. The molecule has 0 spiro atoms. The topological polar surface area (TPSA) is 49.9 Å². The molecule has 24 heavy (non-hydrogen) atoms. The molecule has 120 valence electrons. The van der Waals surface area contributed by atoms with E-state index in [9.17, 15) is 0 Å². The minimum absolute atomic E-state index is 0.420. The van der Waals surface area contributed by atoms with Gasteiger partial charge in [0.25, 0.3) is 0 Å². The Morgan fingerprint density at radius 1 is 1.04 bits per heavy atom. The third kappa shape index (κ3) is 3.72. The molecule has 0 bridgehead atoms. The fourth-order valence-corrected chi connectivity index (χ4v) is 2.74. The molecular formula is C22H22N2. The predicted molar refractivity (Wildman–Crippen MR) is 103 cm³/mol. The van der Waals surface area contributed by atoms with E-state index in [-0.39, 0.29) is 0 Å². The lowest BCUT2D eigenvalue weighted by Crippen LogP contribution is -2.02. The van der Waals surface area contributed by atoms with Crippen molar-refractivity contribution in [2.45, 2.75) is 13.3 Å². The van der Waals surface area contributed by atoms with E-state index in [0.29, 0.717) is 17.3 Å². The second-order valence-electron chi connectivity index (χ2n) is 6.19. The van der Waals surface area contributed by atoms with Crippen LogP contribution < -0.4 is 5.73 Å². The van der Waals surface area contributed by atoms with E-state index in [1.165, 1.54) is 11.1 Å². The molecule has 3 N–H and O–H groups in total. The lowest BCUT2D eigenvalue weighted by Gasteiger charge is -2.12. The summed E-state index contributed by atoms with van der Waals surface area (Å²) in [6.45, 7) is 2.22. The smallest absolute Gasteiger partial charge is 0.0632 e. The van der Waals surface area contributed by atoms with Gasteiger partial charge in [-0.3, -0.25) is 0 Å². The van der Waals surface area contributed by atoms with Crippen LogP contribution in [0.5, 0.6) is 0 Å². The molecule has 0 radical (unpaired) electrons. The van der Waals surface area contributed by atoms with Gasteiger partial charge in [0.15, 0.2) is 0 Å². The quantitative estimate of drug-likeness (QED) is 0.764. The van der Waals surface area contributed by atoms with Gasteiger partial charge in [-0.15, -0.1) is 0 Å². The molecule has 1 aliphatic rings. The van der Waals surface area contributed by atoms with E-state index in [4.69, 9.17) is 11.1 Å². The molecule has 0 heterocycles. The summed E-state index contributed by atoms with van der Waals surface area (Å²) in [6, 6.07) is 17.8. The Labute approximate surface area is 143 Å². The van der Waals surface area contributed by atoms with Crippen molar-refractivity contribution in [1.82, 2.24) is 0 Å². The highest BCUT2D eigenvalue weighted by atomic mass is 14.6. The first-order chi connectivity index (χ1) is 11.6. The van der Waals surface area contributed by atoms with Crippen molar-refractivity contribution >= 4 is 17.0 Å². The molecule has 0 saturated carbocycles. The van der Waals surface area contributed by atoms with Gasteiger partial charge in [0.05, 0.1) is 5.71 Å². The highest BCUT2D eigenvalue weighted by molar-refractivity contribution is 6.10. The largest absolute Gasteiger partial charge is 0.398 e. The Hall–Kier alpha value is -2.87. The summed E-state index contributed by atoms with van der Waals surface area (Å²) in [7, 11) is 0. The predicted octanol–water partition coefficient (Wildman–Crippen LogP) is 5.03. The minimum Gasteiger partial charge on any atom is -0.398 e. The van der Waals surface area contributed by atoms with Crippen molar-refractivity contribution in [2.24, 2.45) is 11.7 Å². The number of hydrogen-bond acceptors (Lipinski definition) is 2. The first-order valence-corrected chi connectivity index (χ1v) is 8.24. The molecule has 1 aliphatic carbocycles. The van der Waals surface area contributed by atoms with Crippen molar-refractivity contribution in [1.29, 1.82) is 5.41 Å². The van der Waals surface area contributed by atoms with Crippen molar-refractivity contribution in [3.63, 3.8) is 0 Å². The molecule has 0 aliphatic heterocycles. The van der Waals surface area contributed by atoms with Crippen molar-refractivity contribution in [2.75, 3.05) is 0 Å². The summed E-state index contributed by atoms with van der Waals surface area (Å²) in [5.74, 6) is 0.621. The Kier molecular flexibility index (Phi) is 4.76. The van der Waals surface area contributed by atoms with Gasteiger partial charge in [0.1, 0.15) is 0 Å². The second kappa shape index (κ2) is 7.14. The summed E-state index contributed by atoms with van der Waals surface area (Å²) >= 11 is 0. The fourth-order valence-electron chi connectivity index (χ4n) is 2.74. The molecule has 2 heteroatoms. The van der Waals surface area contributed by atoms with Crippen LogP contribution in [0.2, 0.25) is 0 Å². The van der Waals surface area contributed by atoms with Gasteiger partial charge >= 0.3 is 0 Å². The number of hydrogen-bond donors (Lipinski definition) is 2.